The van der Waals surface area contributed by atoms with Crippen molar-refractivity contribution in [1.82, 2.24) is 20.0 Å². The molecule has 0 aliphatic carbocycles. The summed E-state index contributed by atoms with van der Waals surface area (Å²) >= 11 is 0.974. The van der Waals surface area contributed by atoms with Crippen LogP contribution in [0.15, 0.2) is 53.0 Å². The smallest absolute Gasteiger partial charge is 0.265 e. The molecule has 0 atom stereocenters. The standard InChI is InChI=1S/C21H22N6O4S2/c1-2-3-14-4-6-15(7-5-14)23-20(28)12-27-11-16(25-26-27)13-31-17-8-9-18-19(10-17)32-21(24-18)33(22,29)30/h4-11H,2-3,12-13H2,1H3,(H,23,28)(H2,22,29,30). The number of thiazole rings is 1. The zero-order chi connectivity index (χ0) is 23.4. The number of fused-ring (bicyclic) bond motifs is 1. The first-order chi connectivity index (χ1) is 15.8. The van der Waals surface area contributed by atoms with Crippen LogP contribution in [0.5, 0.6) is 5.75 Å². The number of benzene rings is 2. The van der Waals surface area contributed by atoms with Crippen LogP contribution >= 0.6 is 11.3 Å². The summed E-state index contributed by atoms with van der Waals surface area (Å²) in [6.45, 7) is 2.28. The van der Waals surface area contributed by atoms with Gasteiger partial charge in [0.2, 0.25) is 10.2 Å². The van der Waals surface area contributed by atoms with Crippen LogP contribution in [0.1, 0.15) is 24.6 Å². The number of aryl methyl sites for hydroxylation is 1. The molecule has 2 aromatic heterocycles. The highest BCUT2D eigenvalue weighted by molar-refractivity contribution is 7.91. The van der Waals surface area contributed by atoms with Gasteiger partial charge >= 0.3 is 0 Å². The Balaban J connectivity index is 1.32. The van der Waals surface area contributed by atoms with Crippen LogP contribution in [0.3, 0.4) is 0 Å². The largest absolute Gasteiger partial charge is 0.487 e. The van der Waals surface area contributed by atoms with Gasteiger partial charge in [0, 0.05) is 5.69 Å². The van der Waals surface area contributed by atoms with Gasteiger partial charge in [-0.05, 0) is 42.3 Å². The zero-order valence-corrected chi connectivity index (χ0v) is 19.4. The lowest BCUT2D eigenvalue weighted by Crippen LogP contribution is -2.19. The molecule has 12 heteroatoms. The molecule has 2 aromatic carbocycles. The summed E-state index contributed by atoms with van der Waals surface area (Å²) in [5.41, 5.74) is 3.03. The minimum Gasteiger partial charge on any atom is -0.487 e. The Kier molecular flexibility index (Phi) is 6.67. The Morgan fingerprint density at radius 3 is 2.73 bits per heavy atom. The third-order valence-corrected chi connectivity index (χ3v) is 6.98. The molecule has 0 unspecified atom stereocenters. The third kappa shape index (κ3) is 5.92. The monoisotopic (exact) mass is 486 g/mol. The normalized spacial score (nSPS) is 11.6. The number of carbonyl (C=O) groups excluding carboxylic acids is 1. The first kappa shape index (κ1) is 22.8. The lowest BCUT2D eigenvalue weighted by Gasteiger charge is -2.06. The molecule has 0 saturated carbocycles. The lowest BCUT2D eigenvalue weighted by atomic mass is 10.1. The number of nitrogens with two attached hydrogens (primary N) is 1. The number of nitrogens with zero attached hydrogens (tertiary/aromatic N) is 4. The molecular formula is C21H22N6O4S2. The lowest BCUT2D eigenvalue weighted by molar-refractivity contribution is -0.116. The van der Waals surface area contributed by atoms with Gasteiger partial charge in [0.05, 0.1) is 16.4 Å². The van der Waals surface area contributed by atoms with E-state index in [1.807, 2.05) is 24.3 Å². The van der Waals surface area contributed by atoms with Gasteiger partial charge in [-0.15, -0.1) is 16.4 Å². The van der Waals surface area contributed by atoms with Gasteiger partial charge in [-0.2, -0.15) is 0 Å². The Hall–Kier alpha value is -3.35. The van der Waals surface area contributed by atoms with Gasteiger partial charge in [0.15, 0.2) is 0 Å². The van der Waals surface area contributed by atoms with Crippen LogP contribution in [0.4, 0.5) is 5.69 Å². The van der Waals surface area contributed by atoms with Crippen LogP contribution in [-0.4, -0.2) is 34.3 Å². The Bertz CT molecular complexity index is 1380. The highest BCUT2D eigenvalue weighted by Gasteiger charge is 2.15. The maximum atomic E-state index is 12.3. The van der Waals surface area contributed by atoms with E-state index in [1.165, 1.54) is 10.2 Å². The number of carbonyl (C=O) groups is 1. The molecule has 0 fully saturated rings. The maximum Gasteiger partial charge on any atom is 0.265 e. The van der Waals surface area contributed by atoms with Crippen LogP contribution in [0, 0.1) is 0 Å². The first-order valence-electron chi connectivity index (χ1n) is 10.1. The fourth-order valence-electron chi connectivity index (χ4n) is 3.13. The van der Waals surface area contributed by atoms with Crippen LogP contribution in [0.2, 0.25) is 0 Å². The molecule has 33 heavy (non-hydrogen) atoms. The summed E-state index contributed by atoms with van der Waals surface area (Å²) in [6, 6.07) is 12.8. The molecule has 4 rings (SSSR count). The first-order valence-corrected chi connectivity index (χ1v) is 12.5. The maximum absolute atomic E-state index is 12.3. The number of amides is 1. The number of aromatic nitrogens is 4. The molecule has 1 amide bonds. The minimum atomic E-state index is -3.85. The van der Waals surface area contributed by atoms with E-state index in [0.29, 0.717) is 21.7 Å². The molecule has 0 spiro atoms. The number of anilines is 1. The summed E-state index contributed by atoms with van der Waals surface area (Å²) in [7, 11) is -3.85. The number of hydrogen-bond acceptors (Lipinski definition) is 8. The van der Waals surface area contributed by atoms with Crippen molar-refractivity contribution in [3.8, 4) is 5.75 Å². The third-order valence-electron chi connectivity index (χ3n) is 4.64. The van der Waals surface area contributed by atoms with E-state index < -0.39 is 10.0 Å². The number of ether oxygens (including phenoxy) is 1. The Morgan fingerprint density at radius 1 is 1.21 bits per heavy atom. The average Bonchev–Trinajstić information content (AvgIpc) is 3.40. The van der Waals surface area contributed by atoms with Crippen molar-refractivity contribution in [2.75, 3.05) is 5.32 Å². The average molecular weight is 487 g/mol. The van der Waals surface area contributed by atoms with Crippen molar-refractivity contribution in [2.45, 2.75) is 37.3 Å². The second kappa shape index (κ2) is 9.65. The van der Waals surface area contributed by atoms with Gasteiger partial charge in [0.1, 0.15) is 24.6 Å². The quantitative estimate of drug-likeness (QED) is 0.370. The van der Waals surface area contributed by atoms with E-state index in [-0.39, 0.29) is 23.4 Å². The minimum absolute atomic E-state index is 0.0207. The Morgan fingerprint density at radius 2 is 2.00 bits per heavy atom. The van der Waals surface area contributed by atoms with E-state index in [0.717, 1.165) is 29.9 Å². The SMILES string of the molecule is CCCc1ccc(NC(=O)Cn2cc(COc3ccc4nc(S(N)(=O)=O)sc4c3)nn2)cc1. The highest BCUT2D eigenvalue weighted by Crippen LogP contribution is 2.28. The van der Waals surface area contributed by atoms with Gasteiger partial charge in [-0.25, -0.2) is 23.2 Å². The molecule has 4 aromatic rings. The molecule has 0 aliphatic rings. The topological polar surface area (TPSA) is 142 Å². The molecule has 0 bridgehead atoms. The van der Waals surface area contributed by atoms with E-state index >= 15 is 0 Å². The second-order valence-electron chi connectivity index (χ2n) is 7.35. The second-order valence-corrected chi connectivity index (χ2v) is 10.1. The molecule has 10 nitrogen and oxygen atoms in total. The summed E-state index contributed by atoms with van der Waals surface area (Å²) in [5.74, 6) is 0.308. The van der Waals surface area contributed by atoms with Crippen molar-refractivity contribution in [3.05, 3.63) is 59.9 Å². The van der Waals surface area contributed by atoms with Crippen molar-refractivity contribution in [2.24, 2.45) is 5.14 Å². The zero-order valence-electron chi connectivity index (χ0n) is 17.8. The number of primary sulfonamides is 1. The predicted octanol–water partition coefficient (Wildman–Crippen LogP) is 2.71. The van der Waals surface area contributed by atoms with Crippen molar-refractivity contribution in [3.63, 3.8) is 0 Å². The fourth-order valence-corrected chi connectivity index (χ4v) is 4.81. The molecule has 0 radical (unpaired) electrons. The van der Waals surface area contributed by atoms with E-state index in [4.69, 9.17) is 9.88 Å². The van der Waals surface area contributed by atoms with Gasteiger partial charge in [0.25, 0.3) is 10.0 Å². The van der Waals surface area contributed by atoms with Crippen molar-refractivity contribution < 1.29 is 17.9 Å². The molecule has 0 aliphatic heterocycles. The summed E-state index contributed by atoms with van der Waals surface area (Å²) in [6.07, 6.45) is 3.71. The molecular weight excluding hydrogens is 464 g/mol. The predicted molar refractivity (Wildman–Crippen MR) is 124 cm³/mol. The number of hydrogen-bond donors (Lipinski definition) is 2. The van der Waals surface area contributed by atoms with Crippen LogP contribution < -0.4 is 15.2 Å². The summed E-state index contributed by atoms with van der Waals surface area (Å²) < 4.78 is 30.6. The van der Waals surface area contributed by atoms with E-state index in [1.54, 1.807) is 24.4 Å². The Labute approximate surface area is 194 Å². The molecule has 3 N–H and O–H groups in total. The summed E-state index contributed by atoms with van der Waals surface area (Å²) in [5, 5.41) is 16.0. The van der Waals surface area contributed by atoms with Gasteiger partial charge in [-0.3, -0.25) is 4.79 Å². The van der Waals surface area contributed by atoms with Gasteiger partial charge < -0.3 is 10.1 Å². The number of rotatable bonds is 9. The van der Waals surface area contributed by atoms with Crippen LogP contribution in [-0.2, 0) is 34.4 Å². The van der Waals surface area contributed by atoms with Crippen LogP contribution in [0.25, 0.3) is 10.2 Å². The molecule has 0 saturated heterocycles. The number of nitrogens with one attached hydrogen (secondary N) is 1. The van der Waals surface area contributed by atoms with Crippen molar-refractivity contribution in [1.29, 1.82) is 0 Å². The van der Waals surface area contributed by atoms with Crippen molar-refractivity contribution >= 4 is 43.2 Å². The molecule has 172 valence electrons. The molecule has 2 heterocycles. The van der Waals surface area contributed by atoms with E-state index in [9.17, 15) is 13.2 Å². The van der Waals surface area contributed by atoms with Gasteiger partial charge in [-0.1, -0.05) is 30.7 Å². The fraction of sp³-hybridized carbons (Fsp3) is 0.238. The summed E-state index contributed by atoms with van der Waals surface area (Å²) in [4.78, 5) is 16.3. The van der Waals surface area contributed by atoms with E-state index in [2.05, 4.69) is 27.5 Å². The highest BCUT2D eigenvalue weighted by atomic mass is 32.2. The number of sulfonamides is 1.